The first-order chi connectivity index (χ1) is 18.0. The summed E-state index contributed by atoms with van der Waals surface area (Å²) in [5, 5.41) is 3.09. The van der Waals surface area contributed by atoms with Gasteiger partial charge in [0.05, 0.1) is 5.56 Å². The summed E-state index contributed by atoms with van der Waals surface area (Å²) in [6, 6.07) is 15.5. The standard InChI is InChI=1S/C27H22F4N2O4S/c28-22-12-7-17(14-21(22)18-8-10-20(11-9-18)27(29,30)31)16-32-26(34)23-5-3-13-33(23)38(35,36)25-15-19-4-1-2-6-24(19)37-25/h1-2,4,6-12,14-15,23H,3,5,13,16H2,(H,32,34)/t23-/m0/s1. The lowest BCUT2D eigenvalue weighted by molar-refractivity contribution is -0.137. The molecule has 0 aliphatic carbocycles. The summed E-state index contributed by atoms with van der Waals surface area (Å²) in [5.41, 5.74) is 0.414. The van der Waals surface area contributed by atoms with Crippen LogP contribution in [0.1, 0.15) is 24.0 Å². The molecule has 38 heavy (non-hydrogen) atoms. The first kappa shape index (κ1) is 25.9. The van der Waals surface area contributed by atoms with Gasteiger partial charge in [0.2, 0.25) is 11.0 Å². The highest BCUT2D eigenvalue weighted by molar-refractivity contribution is 7.89. The third-order valence-electron chi connectivity index (χ3n) is 6.49. The van der Waals surface area contributed by atoms with Gasteiger partial charge in [0, 0.05) is 30.1 Å². The number of carbonyl (C=O) groups excluding carboxylic acids is 1. The second kappa shape index (κ2) is 9.88. The Balaban J connectivity index is 1.30. The van der Waals surface area contributed by atoms with E-state index in [-0.39, 0.29) is 29.3 Å². The Kier molecular flexibility index (Phi) is 6.74. The number of para-hydroxylation sites is 1. The molecule has 3 aromatic carbocycles. The van der Waals surface area contributed by atoms with Crippen molar-refractivity contribution in [2.24, 2.45) is 0 Å². The van der Waals surface area contributed by atoms with Crippen LogP contribution in [0.2, 0.25) is 0 Å². The number of nitrogens with zero attached hydrogens (tertiary/aromatic N) is 1. The van der Waals surface area contributed by atoms with Gasteiger partial charge >= 0.3 is 6.18 Å². The SMILES string of the molecule is O=C(NCc1ccc(F)c(-c2ccc(C(F)(F)F)cc2)c1)[C@@H]1CCCN1S(=O)(=O)c1cc2ccccc2o1. The minimum absolute atomic E-state index is 0.0260. The van der Waals surface area contributed by atoms with Crippen LogP contribution in [-0.4, -0.2) is 31.2 Å². The fourth-order valence-corrected chi connectivity index (χ4v) is 6.15. The van der Waals surface area contributed by atoms with E-state index in [9.17, 15) is 30.8 Å². The highest BCUT2D eigenvalue weighted by atomic mass is 32.2. The van der Waals surface area contributed by atoms with Gasteiger partial charge in [0.15, 0.2) is 0 Å². The van der Waals surface area contributed by atoms with E-state index in [1.165, 1.54) is 36.4 Å². The molecule has 1 fully saturated rings. The Bertz CT molecular complexity index is 1560. The molecule has 1 aromatic heterocycles. The van der Waals surface area contributed by atoms with Crippen LogP contribution in [-0.2, 0) is 27.5 Å². The molecule has 5 rings (SSSR count). The summed E-state index contributed by atoms with van der Waals surface area (Å²) in [4.78, 5) is 13.0. The van der Waals surface area contributed by atoms with Crippen molar-refractivity contribution in [1.29, 1.82) is 0 Å². The molecule has 11 heteroatoms. The van der Waals surface area contributed by atoms with E-state index < -0.39 is 39.5 Å². The van der Waals surface area contributed by atoms with E-state index in [4.69, 9.17) is 4.42 Å². The lowest BCUT2D eigenvalue weighted by atomic mass is 10.0. The number of nitrogens with one attached hydrogen (secondary N) is 1. The Morgan fingerprint density at radius 1 is 1.03 bits per heavy atom. The molecule has 0 bridgehead atoms. The summed E-state index contributed by atoms with van der Waals surface area (Å²) in [7, 11) is -4.06. The summed E-state index contributed by atoms with van der Waals surface area (Å²) in [6.45, 7) is 0.133. The molecule has 0 radical (unpaired) electrons. The number of alkyl halides is 3. The lowest BCUT2D eigenvalue weighted by Gasteiger charge is -2.22. The predicted octanol–water partition coefficient (Wildman–Crippen LogP) is 5.73. The van der Waals surface area contributed by atoms with E-state index >= 15 is 0 Å². The molecule has 1 aliphatic heterocycles. The maximum absolute atomic E-state index is 14.5. The summed E-state index contributed by atoms with van der Waals surface area (Å²) in [5.74, 6) is -1.14. The molecule has 6 nitrogen and oxygen atoms in total. The van der Waals surface area contributed by atoms with Gasteiger partial charge in [-0.25, -0.2) is 12.8 Å². The number of sulfonamides is 1. The minimum Gasteiger partial charge on any atom is -0.443 e. The number of amides is 1. The van der Waals surface area contributed by atoms with Gasteiger partial charge in [0.25, 0.3) is 10.0 Å². The van der Waals surface area contributed by atoms with Crippen LogP contribution in [0, 0.1) is 5.82 Å². The zero-order chi connectivity index (χ0) is 27.1. The van der Waals surface area contributed by atoms with Crippen LogP contribution in [0.4, 0.5) is 17.6 Å². The highest BCUT2D eigenvalue weighted by Gasteiger charge is 2.41. The number of halogens is 4. The van der Waals surface area contributed by atoms with Crippen LogP contribution >= 0.6 is 0 Å². The van der Waals surface area contributed by atoms with Gasteiger partial charge in [-0.2, -0.15) is 17.5 Å². The second-order valence-electron chi connectivity index (χ2n) is 8.98. The molecule has 1 atom stereocenters. The zero-order valence-corrected chi connectivity index (χ0v) is 20.7. The van der Waals surface area contributed by atoms with Crippen molar-refractivity contribution in [3.05, 3.63) is 89.7 Å². The van der Waals surface area contributed by atoms with Crippen molar-refractivity contribution in [2.45, 2.75) is 36.7 Å². The third kappa shape index (κ3) is 5.03. The van der Waals surface area contributed by atoms with Crippen molar-refractivity contribution in [3.8, 4) is 11.1 Å². The molecule has 1 amide bonds. The molecule has 4 aromatic rings. The lowest BCUT2D eigenvalue weighted by Crippen LogP contribution is -2.45. The molecule has 0 saturated carbocycles. The van der Waals surface area contributed by atoms with Crippen molar-refractivity contribution in [3.63, 3.8) is 0 Å². The maximum atomic E-state index is 14.5. The monoisotopic (exact) mass is 546 g/mol. The molecule has 0 spiro atoms. The molecular weight excluding hydrogens is 524 g/mol. The molecule has 0 unspecified atom stereocenters. The fourth-order valence-electron chi connectivity index (χ4n) is 4.54. The molecule has 1 saturated heterocycles. The maximum Gasteiger partial charge on any atom is 0.416 e. The van der Waals surface area contributed by atoms with Crippen LogP contribution in [0.3, 0.4) is 0 Å². The number of furan rings is 1. The Morgan fingerprint density at radius 2 is 1.76 bits per heavy atom. The number of carbonyl (C=O) groups is 1. The van der Waals surface area contributed by atoms with Crippen LogP contribution in [0.25, 0.3) is 22.1 Å². The Hall–Kier alpha value is -3.70. The van der Waals surface area contributed by atoms with Crippen molar-refractivity contribution < 1.29 is 35.2 Å². The van der Waals surface area contributed by atoms with Crippen LogP contribution in [0.15, 0.2) is 82.3 Å². The van der Waals surface area contributed by atoms with Gasteiger partial charge in [0.1, 0.15) is 17.4 Å². The zero-order valence-electron chi connectivity index (χ0n) is 19.8. The van der Waals surface area contributed by atoms with Gasteiger partial charge < -0.3 is 9.73 Å². The topological polar surface area (TPSA) is 79.6 Å². The van der Waals surface area contributed by atoms with Crippen molar-refractivity contribution >= 4 is 26.9 Å². The molecule has 1 N–H and O–H groups in total. The summed E-state index contributed by atoms with van der Waals surface area (Å²) >= 11 is 0. The largest absolute Gasteiger partial charge is 0.443 e. The van der Waals surface area contributed by atoms with Gasteiger partial charge in [-0.3, -0.25) is 4.79 Å². The average molecular weight is 547 g/mol. The molecule has 2 heterocycles. The molecular formula is C27H22F4N2O4S. The average Bonchev–Trinajstić information content (AvgIpc) is 3.56. The second-order valence-corrected chi connectivity index (χ2v) is 10.8. The first-order valence-corrected chi connectivity index (χ1v) is 13.2. The van der Waals surface area contributed by atoms with E-state index in [1.807, 2.05) is 0 Å². The third-order valence-corrected chi connectivity index (χ3v) is 8.26. The fraction of sp³-hybridized carbons (Fsp3) is 0.222. The number of fused-ring (bicyclic) bond motifs is 1. The van der Waals surface area contributed by atoms with Crippen molar-refractivity contribution in [2.75, 3.05) is 6.54 Å². The predicted molar refractivity (Wildman–Crippen MR) is 132 cm³/mol. The smallest absolute Gasteiger partial charge is 0.416 e. The number of benzene rings is 3. The molecule has 1 aliphatic rings. The van der Waals surface area contributed by atoms with E-state index in [0.29, 0.717) is 29.4 Å². The van der Waals surface area contributed by atoms with Gasteiger partial charge in [-0.15, -0.1) is 0 Å². The van der Waals surface area contributed by atoms with Gasteiger partial charge in [-0.1, -0.05) is 36.4 Å². The van der Waals surface area contributed by atoms with Crippen LogP contribution < -0.4 is 5.32 Å². The Labute approximate surface area is 215 Å². The van der Waals surface area contributed by atoms with E-state index in [1.54, 1.807) is 24.3 Å². The Morgan fingerprint density at radius 3 is 2.47 bits per heavy atom. The summed E-state index contributed by atoms with van der Waals surface area (Å²) in [6.07, 6.45) is -3.69. The minimum atomic E-state index is -4.50. The van der Waals surface area contributed by atoms with Crippen LogP contribution in [0.5, 0.6) is 0 Å². The quantitative estimate of drug-likeness (QED) is 0.314. The molecule has 198 valence electrons. The van der Waals surface area contributed by atoms with Gasteiger partial charge in [-0.05, 0) is 54.3 Å². The van der Waals surface area contributed by atoms with E-state index in [0.717, 1.165) is 16.4 Å². The summed E-state index contributed by atoms with van der Waals surface area (Å²) < 4.78 is 86.2. The van der Waals surface area contributed by atoms with Crippen molar-refractivity contribution in [1.82, 2.24) is 9.62 Å². The first-order valence-electron chi connectivity index (χ1n) is 11.8. The number of hydrogen-bond donors (Lipinski definition) is 1. The van der Waals surface area contributed by atoms with E-state index in [2.05, 4.69) is 5.32 Å². The normalized spacial score (nSPS) is 16.7. The number of rotatable bonds is 6. The highest BCUT2D eigenvalue weighted by Crippen LogP contribution is 2.33. The number of hydrogen-bond acceptors (Lipinski definition) is 4.